The minimum absolute atomic E-state index is 0.0109. The molecule has 6 nitrogen and oxygen atoms in total. The number of nitrogens with zero attached hydrogens (tertiary/aromatic N) is 2. The third kappa shape index (κ3) is 5.91. The number of hydrogen-bond donors (Lipinski definition) is 0. The zero-order valence-corrected chi connectivity index (χ0v) is 16.7. The van der Waals surface area contributed by atoms with Gasteiger partial charge in [-0.25, -0.2) is 0 Å². The number of Topliss-reactive ketones (excluding diaryl/α,β-unsaturated/α-hetero) is 1. The van der Waals surface area contributed by atoms with E-state index in [1.165, 1.54) is 0 Å². The van der Waals surface area contributed by atoms with Crippen LogP contribution in [0.1, 0.15) is 28.8 Å². The van der Waals surface area contributed by atoms with Gasteiger partial charge in [-0.15, -0.1) is 0 Å². The zero-order valence-electron chi connectivity index (χ0n) is 16.7. The predicted octanol–water partition coefficient (Wildman–Crippen LogP) is 2.71. The van der Waals surface area contributed by atoms with Crippen molar-refractivity contribution in [3.63, 3.8) is 0 Å². The van der Waals surface area contributed by atoms with Gasteiger partial charge < -0.3 is 14.5 Å². The van der Waals surface area contributed by atoms with Crippen molar-refractivity contribution in [3.05, 3.63) is 65.7 Å². The molecule has 0 aromatic heterocycles. The van der Waals surface area contributed by atoms with Crippen LogP contribution in [0.25, 0.3) is 0 Å². The van der Waals surface area contributed by atoms with E-state index in [9.17, 15) is 14.4 Å². The highest BCUT2D eigenvalue weighted by Crippen LogP contribution is 2.12. The first-order valence-corrected chi connectivity index (χ1v) is 9.86. The number of ketones is 1. The molecular formula is C23H26N2O4. The monoisotopic (exact) mass is 394 g/mol. The van der Waals surface area contributed by atoms with Crippen LogP contribution in [0.15, 0.2) is 54.6 Å². The smallest absolute Gasteiger partial charge is 0.260 e. The zero-order chi connectivity index (χ0) is 20.6. The molecule has 0 atom stereocenters. The maximum atomic E-state index is 12.4. The molecule has 1 aliphatic rings. The predicted molar refractivity (Wildman–Crippen MR) is 110 cm³/mol. The molecule has 29 heavy (non-hydrogen) atoms. The molecule has 0 radical (unpaired) electrons. The molecule has 0 saturated carbocycles. The lowest BCUT2D eigenvalue weighted by Crippen LogP contribution is -2.51. The number of rotatable bonds is 7. The van der Waals surface area contributed by atoms with Crippen LogP contribution >= 0.6 is 0 Å². The number of carbonyl (C=O) groups excluding carboxylic acids is 3. The van der Waals surface area contributed by atoms with Gasteiger partial charge in [-0.2, -0.15) is 0 Å². The number of ether oxygens (including phenoxy) is 1. The summed E-state index contributed by atoms with van der Waals surface area (Å²) in [4.78, 5) is 40.4. The molecule has 2 amide bonds. The van der Waals surface area contributed by atoms with Crippen LogP contribution in [0.4, 0.5) is 0 Å². The summed E-state index contributed by atoms with van der Waals surface area (Å²) in [6, 6.07) is 16.6. The van der Waals surface area contributed by atoms with E-state index >= 15 is 0 Å². The molecule has 2 aromatic carbocycles. The largest absolute Gasteiger partial charge is 0.484 e. The van der Waals surface area contributed by atoms with Crippen molar-refractivity contribution in [2.75, 3.05) is 32.8 Å². The Bertz CT molecular complexity index is 841. The SMILES string of the molecule is Cc1ccc(C(=O)CCC(=O)N2CCN(C(=O)COc3ccccc3)CC2)cc1. The summed E-state index contributed by atoms with van der Waals surface area (Å²) in [5.41, 5.74) is 1.73. The molecule has 0 spiro atoms. The highest BCUT2D eigenvalue weighted by Gasteiger charge is 2.24. The normalized spacial score (nSPS) is 13.8. The van der Waals surface area contributed by atoms with Crippen LogP contribution < -0.4 is 4.74 Å². The third-order valence-electron chi connectivity index (χ3n) is 5.03. The minimum atomic E-state index is -0.0875. The van der Waals surface area contributed by atoms with E-state index in [0.29, 0.717) is 37.5 Å². The maximum absolute atomic E-state index is 12.4. The molecule has 1 heterocycles. The third-order valence-corrected chi connectivity index (χ3v) is 5.03. The summed E-state index contributed by atoms with van der Waals surface area (Å²) in [5, 5.41) is 0. The number of carbonyl (C=O) groups is 3. The van der Waals surface area contributed by atoms with Gasteiger partial charge in [0.1, 0.15) is 5.75 Å². The van der Waals surface area contributed by atoms with E-state index in [4.69, 9.17) is 4.74 Å². The van der Waals surface area contributed by atoms with Crippen LogP contribution in [-0.4, -0.2) is 60.2 Å². The second kappa shape index (κ2) is 9.87. The number of benzene rings is 2. The lowest BCUT2D eigenvalue weighted by Gasteiger charge is -2.34. The van der Waals surface area contributed by atoms with E-state index in [1.54, 1.807) is 21.9 Å². The molecule has 2 aromatic rings. The summed E-state index contributed by atoms with van der Waals surface area (Å²) in [5.74, 6) is 0.506. The first-order chi connectivity index (χ1) is 14.0. The highest BCUT2D eigenvalue weighted by atomic mass is 16.5. The van der Waals surface area contributed by atoms with Crippen molar-refractivity contribution in [2.45, 2.75) is 19.8 Å². The molecule has 1 saturated heterocycles. The molecule has 152 valence electrons. The number of hydrogen-bond acceptors (Lipinski definition) is 4. The van der Waals surface area contributed by atoms with Crippen LogP contribution in [-0.2, 0) is 9.59 Å². The van der Waals surface area contributed by atoms with Crippen molar-refractivity contribution in [1.29, 1.82) is 0 Å². The van der Waals surface area contributed by atoms with Gasteiger partial charge >= 0.3 is 0 Å². The Balaban J connectivity index is 1.39. The lowest BCUT2D eigenvalue weighted by atomic mass is 10.0. The quantitative estimate of drug-likeness (QED) is 0.678. The van der Waals surface area contributed by atoms with Crippen LogP contribution in [0.3, 0.4) is 0 Å². The van der Waals surface area contributed by atoms with Gasteiger partial charge in [-0.3, -0.25) is 14.4 Å². The van der Waals surface area contributed by atoms with E-state index < -0.39 is 0 Å². The molecule has 1 fully saturated rings. The lowest BCUT2D eigenvalue weighted by molar-refractivity contribution is -0.140. The Morgan fingerprint density at radius 3 is 2.00 bits per heavy atom. The summed E-state index contributed by atoms with van der Waals surface area (Å²) in [7, 11) is 0. The molecule has 3 rings (SSSR count). The summed E-state index contributed by atoms with van der Waals surface area (Å²) in [6.45, 7) is 3.88. The van der Waals surface area contributed by atoms with Gasteiger partial charge in [-0.05, 0) is 19.1 Å². The fraction of sp³-hybridized carbons (Fsp3) is 0.348. The molecule has 1 aliphatic heterocycles. The van der Waals surface area contributed by atoms with E-state index in [-0.39, 0.29) is 37.0 Å². The van der Waals surface area contributed by atoms with E-state index in [1.807, 2.05) is 49.4 Å². The van der Waals surface area contributed by atoms with Gasteiger partial charge in [0.15, 0.2) is 12.4 Å². The Labute approximate surface area is 171 Å². The highest BCUT2D eigenvalue weighted by molar-refractivity contribution is 5.98. The van der Waals surface area contributed by atoms with Crippen molar-refractivity contribution >= 4 is 17.6 Å². The van der Waals surface area contributed by atoms with Gasteiger partial charge in [0.25, 0.3) is 5.91 Å². The van der Waals surface area contributed by atoms with Crippen LogP contribution in [0.2, 0.25) is 0 Å². The molecule has 0 unspecified atom stereocenters. The van der Waals surface area contributed by atoms with Crippen molar-refractivity contribution < 1.29 is 19.1 Å². The summed E-state index contributed by atoms with van der Waals surface area (Å²) < 4.78 is 5.50. The Kier molecular flexibility index (Phi) is 7.00. The second-order valence-electron chi connectivity index (χ2n) is 7.15. The Hall–Kier alpha value is -3.15. The van der Waals surface area contributed by atoms with Gasteiger partial charge in [0, 0.05) is 44.6 Å². The topological polar surface area (TPSA) is 66.9 Å². The summed E-state index contributed by atoms with van der Waals surface area (Å²) in [6.07, 6.45) is 0.393. The molecule has 6 heteroatoms. The first kappa shape index (κ1) is 20.6. The molecule has 0 bridgehead atoms. The van der Waals surface area contributed by atoms with E-state index in [0.717, 1.165) is 5.56 Å². The Morgan fingerprint density at radius 2 is 1.38 bits per heavy atom. The molecule has 0 N–H and O–H groups in total. The fourth-order valence-corrected chi connectivity index (χ4v) is 3.22. The van der Waals surface area contributed by atoms with Crippen molar-refractivity contribution in [1.82, 2.24) is 9.80 Å². The average molecular weight is 394 g/mol. The number of para-hydroxylation sites is 1. The van der Waals surface area contributed by atoms with Gasteiger partial charge in [0.2, 0.25) is 5.91 Å². The van der Waals surface area contributed by atoms with Crippen molar-refractivity contribution in [2.24, 2.45) is 0 Å². The standard InChI is InChI=1S/C23H26N2O4/c1-18-7-9-19(10-8-18)21(26)11-12-22(27)24-13-15-25(16-14-24)23(28)17-29-20-5-3-2-4-6-20/h2-10H,11-17H2,1H3. The van der Waals surface area contributed by atoms with Crippen LogP contribution in [0.5, 0.6) is 5.75 Å². The van der Waals surface area contributed by atoms with Gasteiger partial charge in [-0.1, -0.05) is 48.0 Å². The number of piperazine rings is 1. The number of amides is 2. The minimum Gasteiger partial charge on any atom is -0.484 e. The van der Waals surface area contributed by atoms with Gasteiger partial charge in [0.05, 0.1) is 0 Å². The molecular weight excluding hydrogens is 368 g/mol. The van der Waals surface area contributed by atoms with Crippen molar-refractivity contribution in [3.8, 4) is 5.75 Å². The maximum Gasteiger partial charge on any atom is 0.260 e. The van der Waals surface area contributed by atoms with Crippen LogP contribution in [0, 0.1) is 6.92 Å². The fourth-order valence-electron chi connectivity index (χ4n) is 3.22. The Morgan fingerprint density at radius 1 is 0.793 bits per heavy atom. The van der Waals surface area contributed by atoms with E-state index in [2.05, 4.69) is 0 Å². The average Bonchev–Trinajstić information content (AvgIpc) is 2.77. The first-order valence-electron chi connectivity index (χ1n) is 9.86. The second-order valence-corrected chi connectivity index (χ2v) is 7.15. The number of aryl methyl sites for hydroxylation is 1. The summed E-state index contributed by atoms with van der Waals surface area (Å²) >= 11 is 0. The molecule has 0 aliphatic carbocycles.